The summed E-state index contributed by atoms with van der Waals surface area (Å²) in [5.41, 5.74) is 2.95. The topological polar surface area (TPSA) is 43.6 Å². The summed E-state index contributed by atoms with van der Waals surface area (Å²) in [4.78, 5) is 0. The Morgan fingerprint density at radius 1 is 0.590 bits per heavy atom. The van der Waals surface area contributed by atoms with Crippen molar-refractivity contribution in [3.05, 3.63) is 156 Å². The highest BCUT2D eigenvalue weighted by atomic mass is 35.5. The van der Waals surface area contributed by atoms with Gasteiger partial charge in [0.25, 0.3) is 0 Å². The van der Waals surface area contributed by atoms with Gasteiger partial charge in [0.15, 0.2) is 13.1 Å². The van der Waals surface area contributed by atoms with Gasteiger partial charge in [-0.05, 0) is 64.5 Å². The van der Waals surface area contributed by atoms with Crippen LogP contribution in [-0.4, -0.2) is 20.2 Å². The van der Waals surface area contributed by atoms with E-state index in [4.69, 9.17) is 11.6 Å². The van der Waals surface area contributed by atoms with E-state index in [1.807, 2.05) is 59.3 Å². The normalized spacial score (nSPS) is 11.9. The molecule has 6 rings (SSSR count). The Hall–Kier alpha value is -4.37. The SMILES string of the molecule is Clc1ccc(/C=C(\n2nnnc2-c2ccccc2)[P+](c2ccccc2)(c2ccccc2)c2ccccc2)cc1. The van der Waals surface area contributed by atoms with Crippen LogP contribution in [0.15, 0.2) is 146 Å². The molecule has 0 radical (unpaired) electrons. The molecule has 6 aromatic rings. The first-order valence-electron chi connectivity index (χ1n) is 12.6. The van der Waals surface area contributed by atoms with Crippen LogP contribution in [-0.2, 0) is 0 Å². The van der Waals surface area contributed by atoms with Crippen molar-refractivity contribution in [2.75, 3.05) is 0 Å². The van der Waals surface area contributed by atoms with Gasteiger partial charge in [0.1, 0.15) is 15.9 Å². The van der Waals surface area contributed by atoms with Crippen molar-refractivity contribution in [1.29, 1.82) is 0 Å². The van der Waals surface area contributed by atoms with E-state index in [2.05, 4.69) is 113 Å². The predicted molar refractivity (Wildman–Crippen MR) is 164 cm³/mol. The van der Waals surface area contributed by atoms with Crippen molar-refractivity contribution in [1.82, 2.24) is 20.2 Å². The van der Waals surface area contributed by atoms with Crippen molar-refractivity contribution >= 4 is 46.3 Å². The van der Waals surface area contributed by atoms with Crippen molar-refractivity contribution < 1.29 is 0 Å². The van der Waals surface area contributed by atoms with Gasteiger partial charge in [0, 0.05) is 16.7 Å². The molecule has 0 amide bonds. The molecule has 0 N–H and O–H groups in total. The van der Waals surface area contributed by atoms with Gasteiger partial charge < -0.3 is 0 Å². The Morgan fingerprint density at radius 3 is 1.54 bits per heavy atom. The molecule has 0 unspecified atom stereocenters. The molecule has 1 heterocycles. The largest absolute Gasteiger partial charge is 0.203 e. The van der Waals surface area contributed by atoms with Gasteiger partial charge in [-0.25, -0.2) is 0 Å². The molecule has 0 aliphatic rings. The minimum absolute atomic E-state index is 0.683. The van der Waals surface area contributed by atoms with Gasteiger partial charge in [-0.1, -0.05) is 109 Å². The number of rotatable bonds is 7. The van der Waals surface area contributed by atoms with Crippen molar-refractivity contribution in [3.8, 4) is 11.4 Å². The standard InChI is InChI=1S/C33H25ClN4P/c34-28-23-21-26(22-24-28)25-32(38-33(35-36-37-38)27-13-5-1-6-14-27)39(29-15-7-2-8-16-29,30-17-9-3-10-18-30)31-19-11-4-12-20-31/h1-25H/q+1/b32-25+. The van der Waals surface area contributed by atoms with Crippen LogP contribution in [0.5, 0.6) is 0 Å². The summed E-state index contributed by atoms with van der Waals surface area (Å²) < 4.78 is 1.92. The molecule has 188 valence electrons. The van der Waals surface area contributed by atoms with E-state index in [1.54, 1.807) is 0 Å². The second kappa shape index (κ2) is 11.2. The molecule has 0 atom stereocenters. The first kappa shape index (κ1) is 24.9. The Morgan fingerprint density at radius 2 is 1.05 bits per heavy atom. The van der Waals surface area contributed by atoms with Crippen LogP contribution in [0.2, 0.25) is 5.02 Å². The minimum Gasteiger partial charge on any atom is -0.159 e. The summed E-state index contributed by atoms with van der Waals surface area (Å²) >= 11 is 6.28. The second-order valence-electron chi connectivity index (χ2n) is 9.01. The van der Waals surface area contributed by atoms with E-state index in [-0.39, 0.29) is 0 Å². The lowest BCUT2D eigenvalue weighted by molar-refractivity contribution is 0.815. The maximum atomic E-state index is 6.28. The number of hydrogen-bond donors (Lipinski definition) is 0. The van der Waals surface area contributed by atoms with E-state index in [0.29, 0.717) is 10.8 Å². The smallest absolute Gasteiger partial charge is 0.159 e. The van der Waals surface area contributed by atoms with Crippen LogP contribution in [0.25, 0.3) is 22.9 Å². The van der Waals surface area contributed by atoms with Gasteiger partial charge in [-0.3, -0.25) is 0 Å². The Balaban J connectivity index is 1.76. The summed E-state index contributed by atoms with van der Waals surface area (Å²) in [7, 11) is -2.53. The predicted octanol–water partition coefficient (Wildman–Crippen LogP) is 6.94. The highest BCUT2D eigenvalue weighted by molar-refractivity contribution is 8.03. The van der Waals surface area contributed by atoms with Crippen LogP contribution < -0.4 is 15.9 Å². The van der Waals surface area contributed by atoms with Crippen LogP contribution in [0.3, 0.4) is 0 Å². The van der Waals surface area contributed by atoms with Gasteiger partial charge in [0.05, 0.1) is 0 Å². The zero-order valence-electron chi connectivity index (χ0n) is 21.0. The van der Waals surface area contributed by atoms with E-state index in [1.165, 1.54) is 15.9 Å². The van der Waals surface area contributed by atoms with Crippen LogP contribution in [0, 0.1) is 0 Å². The molecule has 5 aromatic carbocycles. The lowest BCUT2D eigenvalue weighted by Gasteiger charge is -2.29. The van der Waals surface area contributed by atoms with Gasteiger partial charge in [-0.2, -0.15) is 4.68 Å². The summed E-state index contributed by atoms with van der Waals surface area (Å²) in [6, 6.07) is 50.1. The molecule has 0 saturated carbocycles. The number of halogens is 1. The number of tetrazole rings is 1. The fraction of sp³-hybridized carbons (Fsp3) is 0. The lowest BCUT2D eigenvalue weighted by atomic mass is 10.2. The maximum Gasteiger partial charge on any atom is 0.203 e. The molecule has 0 spiro atoms. The van der Waals surface area contributed by atoms with Crippen molar-refractivity contribution in [3.63, 3.8) is 0 Å². The molecule has 1 aromatic heterocycles. The summed E-state index contributed by atoms with van der Waals surface area (Å²) in [6.07, 6.45) is 2.21. The number of aromatic nitrogens is 4. The highest BCUT2D eigenvalue weighted by Crippen LogP contribution is 2.65. The third-order valence-corrected chi connectivity index (χ3v) is 11.1. The molecule has 0 saturated heterocycles. The van der Waals surface area contributed by atoms with Gasteiger partial charge in [0.2, 0.25) is 5.44 Å². The Kier molecular flexibility index (Phi) is 7.14. The molecule has 6 heteroatoms. The third-order valence-electron chi connectivity index (χ3n) is 6.66. The number of benzene rings is 5. The Labute approximate surface area is 233 Å². The highest BCUT2D eigenvalue weighted by Gasteiger charge is 2.52. The van der Waals surface area contributed by atoms with E-state index < -0.39 is 7.26 Å². The zero-order chi connectivity index (χ0) is 26.5. The summed E-state index contributed by atoms with van der Waals surface area (Å²) in [5.74, 6) is 0.683. The van der Waals surface area contributed by atoms with Crippen molar-refractivity contribution in [2.45, 2.75) is 0 Å². The average molecular weight is 544 g/mol. The molecule has 0 fully saturated rings. The van der Waals surface area contributed by atoms with Crippen LogP contribution in [0.1, 0.15) is 5.56 Å². The van der Waals surface area contributed by atoms with E-state index in [0.717, 1.165) is 16.6 Å². The lowest BCUT2D eigenvalue weighted by Crippen LogP contribution is -2.33. The third kappa shape index (κ3) is 4.81. The molecule has 0 bridgehead atoms. The fourth-order valence-corrected chi connectivity index (χ4v) is 9.35. The van der Waals surface area contributed by atoms with E-state index >= 15 is 0 Å². The molecular formula is C33H25ClN4P+. The Bertz CT molecular complexity index is 1590. The van der Waals surface area contributed by atoms with Gasteiger partial charge >= 0.3 is 0 Å². The van der Waals surface area contributed by atoms with Crippen LogP contribution >= 0.6 is 18.9 Å². The molecule has 0 aliphatic heterocycles. The molecular weight excluding hydrogens is 519 g/mol. The monoisotopic (exact) mass is 543 g/mol. The second-order valence-corrected chi connectivity index (χ2v) is 12.8. The average Bonchev–Trinajstić information content (AvgIpc) is 3.50. The van der Waals surface area contributed by atoms with Gasteiger partial charge in [-0.15, -0.1) is 5.10 Å². The first-order chi connectivity index (χ1) is 19.3. The molecule has 0 aliphatic carbocycles. The van der Waals surface area contributed by atoms with E-state index in [9.17, 15) is 0 Å². The zero-order valence-corrected chi connectivity index (χ0v) is 22.7. The molecule has 39 heavy (non-hydrogen) atoms. The summed E-state index contributed by atoms with van der Waals surface area (Å²) in [6.45, 7) is 0. The first-order valence-corrected chi connectivity index (χ1v) is 14.8. The minimum atomic E-state index is -2.53. The quantitative estimate of drug-likeness (QED) is 0.205. The van der Waals surface area contributed by atoms with Crippen LogP contribution in [0.4, 0.5) is 0 Å². The fourth-order valence-electron chi connectivity index (χ4n) is 4.92. The maximum absolute atomic E-state index is 6.28. The number of hydrogen-bond acceptors (Lipinski definition) is 3. The summed E-state index contributed by atoms with van der Waals surface area (Å²) in [5, 5.41) is 17.6. The number of nitrogens with zero attached hydrogens (tertiary/aromatic N) is 4. The van der Waals surface area contributed by atoms with Crippen molar-refractivity contribution in [2.24, 2.45) is 0 Å². The molecule has 4 nitrogen and oxygen atoms in total.